The van der Waals surface area contributed by atoms with Crippen LogP contribution in [0.1, 0.15) is 15.5 Å². The maximum absolute atomic E-state index is 12.3. The van der Waals surface area contributed by atoms with Gasteiger partial charge in [0.2, 0.25) is 0 Å². The third-order valence-corrected chi connectivity index (χ3v) is 5.60. The number of amides is 1. The molecule has 146 valence electrons. The van der Waals surface area contributed by atoms with E-state index in [1.807, 2.05) is 23.6 Å². The molecule has 2 N–H and O–H groups in total. The van der Waals surface area contributed by atoms with E-state index in [0.29, 0.717) is 18.8 Å². The van der Waals surface area contributed by atoms with Crippen LogP contribution in [-0.4, -0.2) is 55.2 Å². The zero-order valence-corrected chi connectivity index (χ0v) is 16.5. The molecule has 0 radical (unpaired) electrons. The second-order valence-electron chi connectivity index (χ2n) is 6.72. The number of carbonyl (C=O) groups is 1. The van der Waals surface area contributed by atoms with Crippen LogP contribution in [0.25, 0.3) is 10.8 Å². The van der Waals surface area contributed by atoms with Crippen molar-refractivity contribution in [3.8, 4) is 0 Å². The molecule has 1 aromatic heterocycles. The quantitative estimate of drug-likeness (QED) is 0.601. The SMILES string of the molecule is O=C(NCCNc1cccc2ccccc12)c1csc(CN2CCOCC2)n1. The number of morpholine rings is 1. The van der Waals surface area contributed by atoms with Crippen LogP contribution >= 0.6 is 11.3 Å². The first-order chi connectivity index (χ1) is 13.8. The highest BCUT2D eigenvalue weighted by Crippen LogP contribution is 2.22. The lowest BCUT2D eigenvalue weighted by Crippen LogP contribution is -2.35. The van der Waals surface area contributed by atoms with E-state index in [9.17, 15) is 4.79 Å². The molecule has 7 heteroatoms. The number of thiazole rings is 1. The standard InChI is InChI=1S/C21H24N4O2S/c26-21(19-15-28-20(24-19)14-25-10-12-27-13-11-25)23-9-8-22-18-7-3-5-16-4-1-2-6-17(16)18/h1-7,15,22H,8-14H2,(H,23,26). The summed E-state index contributed by atoms with van der Waals surface area (Å²) in [6.07, 6.45) is 0. The van der Waals surface area contributed by atoms with E-state index in [1.165, 1.54) is 22.1 Å². The summed E-state index contributed by atoms with van der Waals surface area (Å²) >= 11 is 1.54. The number of fused-ring (bicyclic) bond motifs is 1. The van der Waals surface area contributed by atoms with Crippen molar-refractivity contribution in [2.24, 2.45) is 0 Å². The van der Waals surface area contributed by atoms with Gasteiger partial charge in [-0.05, 0) is 11.5 Å². The second kappa shape index (κ2) is 9.14. The van der Waals surface area contributed by atoms with Crippen LogP contribution in [0.5, 0.6) is 0 Å². The number of ether oxygens (including phenoxy) is 1. The largest absolute Gasteiger partial charge is 0.383 e. The van der Waals surface area contributed by atoms with E-state index in [0.717, 1.165) is 43.5 Å². The Bertz CT molecular complexity index is 932. The number of hydrogen-bond acceptors (Lipinski definition) is 6. The number of benzene rings is 2. The van der Waals surface area contributed by atoms with Crippen molar-refractivity contribution in [2.75, 3.05) is 44.7 Å². The molecule has 1 amide bonds. The van der Waals surface area contributed by atoms with Crippen molar-refractivity contribution in [1.82, 2.24) is 15.2 Å². The maximum Gasteiger partial charge on any atom is 0.270 e. The first kappa shape index (κ1) is 18.9. The zero-order valence-electron chi connectivity index (χ0n) is 15.7. The van der Waals surface area contributed by atoms with Crippen LogP contribution in [0.3, 0.4) is 0 Å². The molecule has 0 atom stereocenters. The van der Waals surface area contributed by atoms with E-state index in [-0.39, 0.29) is 5.91 Å². The molecular weight excluding hydrogens is 372 g/mol. The molecule has 1 aliphatic rings. The number of hydrogen-bond donors (Lipinski definition) is 2. The van der Waals surface area contributed by atoms with Crippen molar-refractivity contribution >= 4 is 33.7 Å². The predicted octanol–water partition coefficient (Wildman–Crippen LogP) is 2.97. The van der Waals surface area contributed by atoms with Gasteiger partial charge in [-0.3, -0.25) is 9.69 Å². The number of nitrogens with zero attached hydrogens (tertiary/aromatic N) is 2. The highest BCUT2D eigenvalue weighted by molar-refractivity contribution is 7.09. The Labute approximate surface area is 168 Å². The third kappa shape index (κ3) is 4.67. The highest BCUT2D eigenvalue weighted by atomic mass is 32.1. The minimum absolute atomic E-state index is 0.121. The van der Waals surface area contributed by atoms with Gasteiger partial charge in [0.15, 0.2) is 0 Å². The second-order valence-corrected chi connectivity index (χ2v) is 7.67. The summed E-state index contributed by atoms with van der Waals surface area (Å²) in [5.74, 6) is -0.121. The summed E-state index contributed by atoms with van der Waals surface area (Å²) in [6, 6.07) is 14.5. The van der Waals surface area contributed by atoms with Crippen LogP contribution < -0.4 is 10.6 Å². The van der Waals surface area contributed by atoms with Gasteiger partial charge in [-0.25, -0.2) is 4.98 Å². The molecule has 1 saturated heterocycles. The van der Waals surface area contributed by atoms with Gasteiger partial charge in [-0.1, -0.05) is 36.4 Å². The Balaban J connectivity index is 1.25. The van der Waals surface area contributed by atoms with E-state index in [4.69, 9.17) is 4.74 Å². The van der Waals surface area contributed by atoms with Crippen LogP contribution in [0.15, 0.2) is 47.8 Å². The van der Waals surface area contributed by atoms with E-state index >= 15 is 0 Å². The van der Waals surface area contributed by atoms with Gasteiger partial charge >= 0.3 is 0 Å². The van der Waals surface area contributed by atoms with Crippen LogP contribution in [0, 0.1) is 0 Å². The number of anilines is 1. The Morgan fingerprint density at radius 2 is 1.93 bits per heavy atom. The molecule has 2 aromatic carbocycles. The van der Waals surface area contributed by atoms with Gasteiger partial charge < -0.3 is 15.4 Å². The maximum atomic E-state index is 12.3. The van der Waals surface area contributed by atoms with Crippen molar-refractivity contribution < 1.29 is 9.53 Å². The van der Waals surface area contributed by atoms with Gasteiger partial charge in [0, 0.05) is 42.6 Å². The number of nitrogens with one attached hydrogen (secondary N) is 2. The van der Waals surface area contributed by atoms with Crippen molar-refractivity contribution in [3.05, 3.63) is 58.5 Å². The van der Waals surface area contributed by atoms with Gasteiger partial charge in [0.25, 0.3) is 5.91 Å². The number of carbonyl (C=O) groups excluding carboxylic acids is 1. The van der Waals surface area contributed by atoms with Gasteiger partial charge in [-0.15, -0.1) is 11.3 Å². The molecule has 4 rings (SSSR count). The Morgan fingerprint density at radius 1 is 1.11 bits per heavy atom. The Hall–Kier alpha value is -2.48. The van der Waals surface area contributed by atoms with Crippen LogP contribution in [0.4, 0.5) is 5.69 Å². The highest BCUT2D eigenvalue weighted by Gasteiger charge is 2.15. The summed E-state index contributed by atoms with van der Waals surface area (Å²) in [5.41, 5.74) is 1.58. The minimum atomic E-state index is -0.121. The average Bonchev–Trinajstić information content (AvgIpc) is 3.20. The van der Waals surface area contributed by atoms with Crippen LogP contribution in [0.2, 0.25) is 0 Å². The fourth-order valence-corrected chi connectivity index (χ4v) is 4.10. The normalized spacial score (nSPS) is 14.9. The lowest BCUT2D eigenvalue weighted by atomic mass is 10.1. The zero-order chi connectivity index (χ0) is 19.2. The fourth-order valence-electron chi connectivity index (χ4n) is 3.28. The van der Waals surface area contributed by atoms with E-state index in [1.54, 1.807) is 0 Å². The monoisotopic (exact) mass is 396 g/mol. The lowest BCUT2D eigenvalue weighted by molar-refractivity contribution is 0.0341. The summed E-state index contributed by atoms with van der Waals surface area (Å²) in [6.45, 7) is 5.35. The van der Waals surface area contributed by atoms with Crippen molar-refractivity contribution in [3.63, 3.8) is 0 Å². The molecule has 1 fully saturated rings. The third-order valence-electron chi connectivity index (χ3n) is 4.76. The summed E-state index contributed by atoms with van der Waals surface area (Å²) in [5, 5.41) is 11.5. The first-order valence-electron chi connectivity index (χ1n) is 9.54. The number of aromatic nitrogens is 1. The van der Waals surface area contributed by atoms with Gasteiger partial charge in [0.1, 0.15) is 10.7 Å². The molecule has 3 aromatic rings. The predicted molar refractivity (Wildman–Crippen MR) is 113 cm³/mol. The van der Waals surface area contributed by atoms with Crippen molar-refractivity contribution in [1.29, 1.82) is 0 Å². The fraction of sp³-hybridized carbons (Fsp3) is 0.333. The summed E-state index contributed by atoms with van der Waals surface area (Å²) in [4.78, 5) is 19.1. The average molecular weight is 397 g/mol. The molecule has 0 bridgehead atoms. The molecule has 0 aliphatic carbocycles. The van der Waals surface area contributed by atoms with Crippen LogP contribution in [-0.2, 0) is 11.3 Å². The molecular formula is C21H24N4O2S. The molecule has 0 saturated carbocycles. The topological polar surface area (TPSA) is 66.5 Å². The first-order valence-corrected chi connectivity index (χ1v) is 10.4. The molecule has 0 unspecified atom stereocenters. The molecule has 6 nitrogen and oxygen atoms in total. The van der Waals surface area contributed by atoms with Gasteiger partial charge in [0.05, 0.1) is 19.8 Å². The number of rotatable bonds is 7. The Morgan fingerprint density at radius 3 is 2.82 bits per heavy atom. The smallest absolute Gasteiger partial charge is 0.270 e. The molecule has 28 heavy (non-hydrogen) atoms. The van der Waals surface area contributed by atoms with E-state index < -0.39 is 0 Å². The summed E-state index contributed by atoms with van der Waals surface area (Å²) in [7, 11) is 0. The van der Waals surface area contributed by atoms with E-state index in [2.05, 4.69) is 44.8 Å². The lowest BCUT2D eigenvalue weighted by Gasteiger charge is -2.25. The van der Waals surface area contributed by atoms with Crippen molar-refractivity contribution in [2.45, 2.75) is 6.54 Å². The molecule has 2 heterocycles. The van der Waals surface area contributed by atoms with Gasteiger partial charge in [-0.2, -0.15) is 0 Å². The molecule has 1 aliphatic heterocycles. The molecule has 0 spiro atoms. The minimum Gasteiger partial charge on any atom is -0.383 e. The Kier molecular flexibility index (Phi) is 6.16. The summed E-state index contributed by atoms with van der Waals surface area (Å²) < 4.78 is 5.36.